The highest BCUT2D eigenvalue weighted by Gasteiger charge is 2.22. The Morgan fingerprint density at radius 2 is 1.60 bits per heavy atom. The molecule has 0 aromatic heterocycles. The molecule has 0 spiro atoms. The summed E-state index contributed by atoms with van der Waals surface area (Å²) in [5.74, 6) is 2.87. The van der Waals surface area contributed by atoms with Crippen molar-refractivity contribution in [2.24, 2.45) is 16.7 Å². The first-order valence-corrected chi connectivity index (χ1v) is 10.9. The zero-order valence-electron chi connectivity index (χ0n) is 18.3. The summed E-state index contributed by atoms with van der Waals surface area (Å²) in [6, 6.07) is 0. The number of carbonyl (C=O) groups excluding carboxylic acids is 1. The Morgan fingerprint density at radius 1 is 1.00 bits per heavy atom. The summed E-state index contributed by atoms with van der Waals surface area (Å²) in [6.45, 7) is 20.5. The van der Waals surface area contributed by atoms with Gasteiger partial charge in [0.1, 0.15) is 5.60 Å². The number of rotatable bonds is 10. The molecule has 0 saturated carbocycles. The van der Waals surface area contributed by atoms with Crippen molar-refractivity contribution < 1.29 is 9.53 Å². The summed E-state index contributed by atoms with van der Waals surface area (Å²) in [5.41, 5.74) is 0.406. The maximum absolute atomic E-state index is 11.6. The first-order chi connectivity index (χ1) is 11.2. The largest absolute Gasteiger partial charge is 0.444 e. The molecule has 0 aromatic carbocycles. The van der Waals surface area contributed by atoms with Gasteiger partial charge in [-0.05, 0) is 62.5 Å². The normalized spacial score (nSPS) is 14.3. The third-order valence-electron chi connectivity index (χ3n) is 4.13. The lowest BCUT2D eigenvalue weighted by Crippen LogP contribution is -2.33. The molecule has 1 atom stereocenters. The molecule has 1 N–H and O–H groups in total. The van der Waals surface area contributed by atoms with Gasteiger partial charge in [-0.1, -0.05) is 48.0 Å². The minimum atomic E-state index is -0.426. The van der Waals surface area contributed by atoms with Crippen LogP contribution in [0, 0.1) is 16.7 Å². The SMILES string of the molecule is CC(CCC(C)(C)C)CC(C)(C)CCSCCNC(=O)OC(C)(C)C. The molecule has 0 bridgehead atoms. The van der Waals surface area contributed by atoms with Crippen LogP contribution in [0.2, 0.25) is 0 Å². The van der Waals surface area contributed by atoms with Crippen molar-refractivity contribution in [1.82, 2.24) is 5.32 Å². The highest BCUT2D eigenvalue weighted by molar-refractivity contribution is 7.99. The maximum Gasteiger partial charge on any atom is 0.407 e. The van der Waals surface area contributed by atoms with Gasteiger partial charge in [-0.25, -0.2) is 4.79 Å². The van der Waals surface area contributed by atoms with Crippen molar-refractivity contribution in [3.05, 3.63) is 0 Å². The molecule has 0 rings (SSSR count). The van der Waals surface area contributed by atoms with Crippen LogP contribution in [0.3, 0.4) is 0 Å². The van der Waals surface area contributed by atoms with Gasteiger partial charge in [-0.2, -0.15) is 11.8 Å². The summed E-state index contributed by atoms with van der Waals surface area (Å²) in [5, 5.41) is 2.82. The van der Waals surface area contributed by atoms with E-state index in [1.165, 1.54) is 25.7 Å². The van der Waals surface area contributed by atoms with E-state index in [9.17, 15) is 4.79 Å². The quantitative estimate of drug-likeness (QED) is 0.443. The van der Waals surface area contributed by atoms with E-state index in [0.717, 1.165) is 17.4 Å². The van der Waals surface area contributed by atoms with Crippen LogP contribution < -0.4 is 5.32 Å². The Morgan fingerprint density at radius 3 is 2.12 bits per heavy atom. The van der Waals surface area contributed by atoms with E-state index in [1.54, 1.807) is 0 Å². The lowest BCUT2D eigenvalue weighted by Gasteiger charge is -2.29. The van der Waals surface area contributed by atoms with Gasteiger partial charge in [0.25, 0.3) is 0 Å². The monoisotopic (exact) mass is 373 g/mol. The molecule has 0 aliphatic heterocycles. The minimum absolute atomic E-state index is 0.318. The molecule has 0 heterocycles. The number of amides is 1. The predicted octanol–water partition coefficient (Wildman–Crippen LogP) is 6.51. The number of alkyl carbamates (subject to hydrolysis) is 1. The van der Waals surface area contributed by atoms with Gasteiger partial charge in [-0.3, -0.25) is 0 Å². The smallest absolute Gasteiger partial charge is 0.407 e. The molecular weight excluding hydrogens is 330 g/mol. The van der Waals surface area contributed by atoms with Crippen LogP contribution in [0.1, 0.15) is 88.0 Å². The molecule has 0 saturated heterocycles. The molecule has 0 aromatic rings. The summed E-state index contributed by atoms with van der Waals surface area (Å²) in [4.78, 5) is 11.6. The molecule has 4 heteroatoms. The van der Waals surface area contributed by atoms with E-state index in [1.807, 2.05) is 32.5 Å². The molecule has 150 valence electrons. The van der Waals surface area contributed by atoms with Crippen molar-refractivity contribution in [1.29, 1.82) is 0 Å². The van der Waals surface area contributed by atoms with Crippen LogP contribution in [-0.4, -0.2) is 29.7 Å². The zero-order chi connectivity index (χ0) is 19.7. The summed E-state index contributed by atoms with van der Waals surface area (Å²) in [6.07, 6.45) is 4.82. The van der Waals surface area contributed by atoms with E-state index in [2.05, 4.69) is 46.9 Å². The van der Waals surface area contributed by atoms with Crippen molar-refractivity contribution >= 4 is 17.9 Å². The first-order valence-electron chi connectivity index (χ1n) is 9.75. The Labute approximate surface area is 161 Å². The Kier molecular flexibility index (Phi) is 10.5. The van der Waals surface area contributed by atoms with Gasteiger partial charge in [-0.15, -0.1) is 0 Å². The van der Waals surface area contributed by atoms with Crippen LogP contribution in [0.5, 0.6) is 0 Å². The lowest BCUT2D eigenvalue weighted by molar-refractivity contribution is 0.0531. The molecule has 0 aliphatic carbocycles. The average Bonchev–Trinajstić information content (AvgIpc) is 2.37. The Hall–Kier alpha value is -0.380. The first kappa shape index (κ1) is 24.6. The lowest BCUT2D eigenvalue weighted by atomic mass is 9.78. The summed E-state index contributed by atoms with van der Waals surface area (Å²) in [7, 11) is 0. The number of ether oxygens (including phenoxy) is 1. The fraction of sp³-hybridized carbons (Fsp3) is 0.952. The number of nitrogens with one attached hydrogen (secondary N) is 1. The third kappa shape index (κ3) is 16.8. The second kappa shape index (κ2) is 10.7. The average molecular weight is 374 g/mol. The molecule has 1 amide bonds. The predicted molar refractivity (Wildman–Crippen MR) is 112 cm³/mol. The van der Waals surface area contributed by atoms with Crippen LogP contribution in [0.15, 0.2) is 0 Å². The van der Waals surface area contributed by atoms with Crippen LogP contribution in [0.4, 0.5) is 4.79 Å². The van der Waals surface area contributed by atoms with Crippen LogP contribution in [0.25, 0.3) is 0 Å². The molecule has 1 unspecified atom stereocenters. The fourth-order valence-electron chi connectivity index (χ4n) is 2.82. The fourth-order valence-corrected chi connectivity index (χ4v) is 3.96. The van der Waals surface area contributed by atoms with E-state index in [0.29, 0.717) is 17.4 Å². The standard InChI is InChI=1S/C21H43NO2S/c1-17(10-11-19(2,3)4)16-21(8,9)12-14-25-15-13-22-18(23)24-20(5,6)7/h17H,10-16H2,1-9H3,(H,22,23). The van der Waals surface area contributed by atoms with E-state index < -0.39 is 5.60 Å². The highest BCUT2D eigenvalue weighted by atomic mass is 32.2. The van der Waals surface area contributed by atoms with Crippen molar-refractivity contribution in [3.8, 4) is 0 Å². The third-order valence-corrected chi connectivity index (χ3v) is 5.11. The summed E-state index contributed by atoms with van der Waals surface area (Å²) >= 11 is 1.91. The Balaban J connectivity index is 3.83. The van der Waals surface area contributed by atoms with E-state index in [-0.39, 0.29) is 6.09 Å². The second-order valence-electron chi connectivity index (χ2n) is 10.4. The molecule has 0 radical (unpaired) electrons. The second-order valence-corrected chi connectivity index (χ2v) is 11.6. The van der Waals surface area contributed by atoms with Crippen LogP contribution >= 0.6 is 11.8 Å². The molecule has 0 fully saturated rings. The van der Waals surface area contributed by atoms with Gasteiger partial charge in [0.15, 0.2) is 0 Å². The molecular formula is C21H43NO2S. The van der Waals surface area contributed by atoms with Crippen molar-refractivity contribution in [3.63, 3.8) is 0 Å². The number of hydrogen-bond acceptors (Lipinski definition) is 3. The van der Waals surface area contributed by atoms with E-state index >= 15 is 0 Å². The Bertz CT molecular complexity index is 380. The zero-order valence-corrected chi connectivity index (χ0v) is 19.1. The molecule has 25 heavy (non-hydrogen) atoms. The number of carbonyl (C=O) groups is 1. The van der Waals surface area contributed by atoms with Crippen molar-refractivity contribution in [2.45, 2.75) is 93.6 Å². The van der Waals surface area contributed by atoms with Gasteiger partial charge < -0.3 is 10.1 Å². The number of thioether (sulfide) groups is 1. The molecule has 3 nitrogen and oxygen atoms in total. The van der Waals surface area contributed by atoms with Gasteiger partial charge in [0, 0.05) is 12.3 Å². The van der Waals surface area contributed by atoms with Gasteiger partial charge in [0.2, 0.25) is 0 Å². The van der Waals surface area contributed by atoms with Gasteiger partial charge in [0.05, 0.1) is 0 Å². The summed E-state index contributed by atoms with van der Waals surface area (Å²) < 4.78 is 5.23. The van der Waals surface area contributed by atoms with E-state index in [4.69, 9.17) is 4.74 Å². The van der Waals surface area contributed by atoms with Crippen molar-refractivity contribution in [2.75, 3.05) is 18.1 Å². The number of hydrogen-bond donors (Lipinski definition) is 1. The topological polar surface area (TPSA) is 38.3 Å². The van der Waals surface area contributed by atoms with Gasteiger partial charge >= 0.3 is 6.09 Å². The maximum atomic E-state index is 11.6. The highest BCUT2D eigenvalue weighted by Crippen LogP contribution is 2.34. The van der Waals surface area contributed by atoms with Crippen LogP contribution in [-0.2, 0) is 4.74 Å². The molecule has 0 aliphatic rings. The minimum Gasteiger partial charge on any atom is -0.444 e.